The number of rotatable bonds is 5. The summed E-state index contributed by atoms with van der Waals surface area (Å²) >= 11 is 0. The van der Waals surface area contributed by atoms with Crippen molar-refractivity contribution >= 4 is 0 Å². The Hall–Kier alpha value is -1.10. The van der Waals surface area contributed by atoms with Crippen LogP contribution >= 0.6 is 0 Å². The predicted molar refractivity (Wildman–Crippen MR) is 64.1 cm³/mol. The van der Waals surface area contributed by atoms with Crippen LogP contribution in [0.15, 0.2) is 12.1 Å². The highest BCUT2D eigenvalue weighted by molar-refractivity contribution is 5.43. The smallest absolute Gasteiger partial charge is 0.122 e. The molecule has 0 heterocycles. The highest BCUT2D eigenvalue weighted by Gasteiger charge is 2.08. The van der Waals surface area contributed by atoms with E-state index in [9.17, 15) is 5.11 Å². The van der Waals surface area contributed by atoms with E-state index in [2.05, 4.69) is 4.84 Å². The molecule has 1 aromatic carbocycles. The van der Waals surface area contributed by atoms with Crippen molar-refractivity contribution < 1.29 is 9.94 Å². The Morgan fingerprint density at radius 3 is 2.62 bits per heavy atom. The first-order chi connectivity index (χ1) is 7.54. The van der Waals surface area contributed by atoms with Crippen LogP contribution < -0.4 is 5.90 Å². The molecule has 4 nitrogen and oxygen atoms in total. The third-order valence-corrected chi connectivity index (χ3v) is 2.43. The molecule has 0 bridgehead atoms. The molecule has 0 radical (unpaired) electrons. The first-order valence-corrected chi connectivity index (χ1v) is 5.32. The fraction of sp³-hybridized carbons (Fsp3) is 0.500. The lowest BCUT2D eigenvalue weighted by Crippen LogP contribution is -2.12. The van der Waals surface area contributed by atoms with Crippen molar-refractivity contribution in [2.75, 3.05) is 20.7 Å². The van der Waals surface area contributed by atoms with Gasteiger partial charge in [0.1, 0.15) is 5.75 Å². The molecule has 0 aromatic heterocycles. The normalized spacial score (nSPS) is 11.1. The van der Waals surface area contributed by atoms with Gasteiger partial charge in [-0.1, -0.05) is 12.1 Å². The molecule has 90 valence electrons. The molecule has 4 heteroatoms. The molecule has 16 heavy (non-hydrogen) atoms. The zero-order valence-corrected chi connectivity index (χ0v) is 10.2. The molecule has 0 saturated heterocycles. The van der Waals surface area contributed by atoms with E-state index in [0.29, 0.717) is 12.4 Å². The number of hydrogen-bond donors (Lipinski definition) is 2. The molecular weight excluding hydrogens is 204 g/mol. The van der Waals surface area contributed by atoms with Crippen molar-refractivity contribution in [3.63, 3.8) is 0 Å². The lowest BCUT2D eigenvalue weighted by molar-refractivity contribution is 0.141. The molecule has 1 rings (SSSR count). The first kappa shape index (κ1) is 13.0. The van der Waals surface area contributed by atoms with Gasteiger partial charge < -0.3 is 14.8 Å². The molecular formula is C12H20N2O2. The predicted octanol–water partition coefficient (Wildman–Crippen LogP) is 1.20. The van der Waals surface area contributed by atoms with Gasteiger partial charge in [-0.2, -0.15) is 0 Å². The molecule has 0 amide bonds. The van der Waals surface area contributed by atoms with Crippen LogP contribution in [0.3, 0.4) is 0 Å². The van der Waals surface area contributed by atoms with Gasteiger partial charge in [0.25, 0.3) is 0 Å². The van der Waals surface area contributed by atoms with Gasteiger partial charge in [0.2, 0.25) is 0 Å². The third kappa shape index (κ3) is 3.48. The minimum absolute atomic E-state index is 0.381. The number of benzene rings is 1. The highest BCUT2D eigenvalue weighted by Crippen LogP contribution is 2.25. The van der Waals surface area contributed by atoms with E-state index in [4.69, 9.17) is 5.90 Å². The number of phenols is 1. The summed E-state index contributed by atoms with van der Waals surface area (Å²) in [6.07, 6.45) is 0.762. The molecule has 0 atom stereocenters. The average Bonchev–Trinajstić information content (AvgIpc) is 2.21. The standard InChI is InChI=1S/C12H20N2O2/c1-9-6-10(4-5-16-13)7-11(12(9)15)8-14(2)3/h6-7,15H,4-5,8,13H2,1-3H3. The molecule has 0 unspecified atom stereocenters. The number of hydrogen-bond acceptors (Lipinski definition) is 4. The maximum atomic E-state index is 9.91. The maximum absolute atomic E-state index is 9.91. The lowest BCUT2D eigenvalue weighted by atomic mass is 10.0. The van der Waals surface area contributed by atoms with Crippen LogP contribution in [0, 0.1) is 6.92 Å². The van der Waals surface area contributed by atoms with Crippen molar-refractivity contribution in [1.29, 1.82) is 0 Å². The van der Waals surface area contributed by atoms with Crippen LogP contribution in [0.1, 0.15) is 16.7 Å². The van der Waals surface area contributed by atoms with Crippen LogP contribution in [0.5, 0.6) is 5.75 Å². The molecule has 1 aromatic rings. The Kier molecular flexibility index (Phi) is 4.73. The second-order valence-corrected chi connectivity index (χ2v) is 4.28. The van der Waals surface area contributed by atoms with Gasteiger partial charge in [0.05, 0.1) is 6.61 Å². The van der Waals surface area contributed by atoms with E-state index < -0.39 is 0 Å². The third-order valence-electron chi connectivity index (χ3n) is 2.43. The summed E-state index contributed by atoms with van der Waals surface area (Å²) in [5, 5.41) is 9.91. The lowest BCUT2D eigenvalue weighted by Gasteiger charge is -2.14. The minimum atomic E-state index is 0.381. The topological polar surface area (TPSA) is 58.7 Å². The summed E-state index contributed by atoms with van der Waals surface area (Å²) < 4.78 is 0. The second kappa shape index (κ2) is 5.84. The Morgan fingerprint density at radius 2 is 2.06 bits per heavy atom. The van der Waals surface area contributed by atoms with Gasteiger partial charge in [-0.15, -0.1) is 0 Å². The first-order valence-electron chi connectivity index (χ1n) is 5.32. The SMILES string of the molecule is Cc1cc(CCON)cc(CN(C)C)c1O. The van der Waals surface area contributed by atoms with Crippen LogP contribution in [-0.4, -0.2) is 30.7 Å². The quantitative estimate of drug-likeness (QED) is 0.738. The molecule has 0 aliphatic heterocycles. The summed E-state index contributed by atoms with van der Waals surface area (Å²) in [6.45, 7) is 3.12. The monoisotopic (exact) mass is 224 g/mol. The number of aromatic hydroxyl groups is 1. The fourth-order valence-electron chi connectivity index (χ4n) is 1.72. The van der Waals surface area contributed by atoms with E-state index in [1.165, 1.54) is 0 Å². The summed E-state index contributed by atoms with van der Waals surface area (Å²) in [5.41, 5.74) is 2.97. The van der Waals surface area contributed by atoms with Crippen molar-refractivity contribution in [1.82, 2.24) is 4.90 Å². The van der Waals surface area contributed by atoms with E-state index in [1.807, 2.05) is 38.1 Å². The van der Waals surface area contributed by atoms with Gasteiger partial charge in [-0.05, 0) is 38.6 Å². The van der Waals surface area contributed by atoms with Crippen molar-refractivity contribution in [2.24, 2.45) is 5.90 Å². The Balaban J connectivity index is 2.92. The summed E-state index contributed by atoms with van der Waals surface area (Å²) in [4.78, 5) is 6.59. The van der Waals surface area contributed by atoms with Gasteiger partial charge in [-0.3, -0.25) is 0 Å². The van der Waals surface area contributed by atoms with Crippen molar-refractivity contribution in [2.45, 2.75) is 19.9 Å². The largest absolute Gasteiger partial charge is 0.507 e. The van der Waals surface area contributed by atoms with Crippen LogP contribution in [0.25, 0.3) is 0 Å². The Labute approximate surface area is 96.6 Å². The van der Waals surface area contributed by atoms with E-state index in [0.717, 1.165) is 29.7 Å². The number of nitrogens with zero attached hydrogens (tertiary/aromatic N) is 1. The van der Waals surface area contributed by atoms with E-state index in [-0.39, 0.29) is 0 Å². The van der Waals surface area contributed by atoms with E-state index >= 15 is 0 Å². The van der Waals surface area contributed by atoms with Gasteiger partial charge in [0.15, 0.2) is 0 Å². The van der Waals surface area contributed by atoms with Gasteiger partial charge >= 0.3 is 0 Å². The van der Waals surface area contributed by atoms with Crippen molar-refractivity contribution in [3.05, 3.63) is 28.8 Å². The van der Waals surface area contributed by atoms with Crippen LogP contribution in [0.2, 0.25) is 0 Å². The van der Waals surface area contributed by atoms with Crippen molar-refractivity contribution in [3.8, 4) is 5.75 Å². The molecule has 0 saturated carbocycles. The summed E-state index contributed by atoms with van der Waals surface area (Å²) in [7, 11) is 3.95. The number of phenolic OH excluding ortho intramolecular Hbond substituents is 1. The zero-order valence-electron chi connectivity index (χ0n) is 10.2. The highest BCUT2D eigenvalue weighted by atomic mass is 16.6. The maximum Gasteiger partial charge on any atom is 0.122 e. The number of nitrogens with two attached hydrogens (primary N) is 1. The molecule has 3 N–H and O–H groups in total. The average molecular weight is 224 g/mol. The number of aryl methyl sites for hydroxylation is 1. The second-order valence-electron chi connectivity index (χ2n) is 4.28. The van der Waals surface area contributed by atoms with Crippen LogP contribution in [0.4, 0.5) is 0 Å². The van der Waals surface area contributed by atoms with Gasteiger partial charge in [-0.25, -0.2) is 5.90 Å². The molecule has 0 aliphatic rings. The molecule has 0 fully saturated rings. The Morgan fingerprint density at radius 1 is 1.38 bits per heavy atom. The van der Waals surface area contributed by atoms with Gasteiger partial charge in [0, 0.05) is 12.1 Å². The summed E-state index contributed by atoms with van der Waals surface area (Å²) in [6, 6.07) is 3.97. The van der Waals surface area contributed by atoms with Crippen LogP contribution in [-0.2, 0) is 17.8 Å². The molecule has 0 spiro atoms. The minimum Gasteiger partial charge on any atom is -0.507 e. The van der Waals surface area contributed by atoms with E-state index in [1.54, 1.807) is 0 Å². The fourth-order valence-corrected chi connectivity index (χ4v) is 1.72. The molecule has 0 aliphatic carbocycles. The summed E-state index contributed by atoms with van der Waals surface area (Å²) in [5.74, 6) is 5.39. The zero-order chi connectivity index (χ0) is 12.1. The Bertz CT molecular complexity index is 351.